The highest BCUT2D eigenvalue weighted by molar-refractivity contribution is 5.96. The monoisotopic (exact) mass is 831 g/mol. The van der Waals surface area contributed by atoms with E-state index >= 15 is 0 Å². The lowest BCUT2D eigenvalue weighted by Crippen LogP contribution is -2.49. The van der Waals surface area contributed by atoms with Crippen molar-refractivity contribution in [3.05, 3.63) is 77.2 Å². The van der Waals surface area contributed by atoms with Gasteiger partial charge < -0.3 is 51.8 Å². The number of ether oxygens (including phenoxy) is 3. The number of nitrogens with zero attached hydrogens (tertiary/aromatic N) is 6. The highest BCUT2D eigenvalue weighted by Gasteiger charge is 2.25. The Morgan fingerprint density at radius 1 is 1.02 bits per heavy atom. The summed E-state index contributed by atoms with van der Waals surface area (Å²) < 4.78 is 18.8. The molecule has 60 heavy (non-hydrogen) atoms. The molecular formula is C42H61N11O7. The van der Waals surface area contributed by atoms with Gasteiger partial charge in [0, 0.05) is 63.5 Å². The molecule has 1 aliphatic heterocycles. The van der Waals surface area contributed by atoms with Crippen LogP contribution in [-0.4, -0.2) is 129 Å². The topological polar surface area (TPSA) is 238 Å². The molecule has 0 aliphatic carbocycles. The number of rotatable bonds is 19. The second kappa shape index (κ2) is 23.3. The van der Waals surface area contributed by atoms with E-state index in [1.54, 1.807) is 33.8 Å². The first-order valence-corrected chi connectivity index (χ1v) is 19.6. The number of piperazine rings is 1. The van der Waals surface area contributed by atoms with Crippen molar-refractivity contribution in [3.63, 3.8) is 0 Å². The van der Waals surface area contributed by atoms with Crippen LogP contribution in [0.1, 0.15) is 64.6 Å². The van der Waals surface area contributed by atoms with Crippen LogP contribution < -0.4 is 42.2 Å². The third-order valence-corrected chi connectivity index (χ3v) is 8.98. The van der Waals surface area contributed by atoms with Gasteiger partial charge in [0.05, 0.1) is 30.8 Å². The van der Waals surface area contributed by atoms with E-state index in [9.17, 15) is 19.2 Å². The van der Waals surface area contributed by atoms with Gasteiger partial charge in [-0.15, -0.1) is 0 Å². The van der Waals surface area contributed by atoms with Crippen LogP contribution in [0.5, 0.6) is 11.5 Å². The molecule has 1 aliphatic rings. The summed E-state index contributed by atoms with van der Waals surface area (Å²) in [5.41, 5.74) is 19.3. The number of anilines is 3. The smallest absolute Gasteiger partial charge is 0.410 e. The molecule has 4 rings (SSSR count). The fourth-order valence-corrected chi connectivity index (χ4v) is 6.14. The number of hydrogen-bond acceptors (Lipinski definition) is 14. The summed E-state index contributed by atoms with van der Waals surface area (Å²) in [7, 11) is 2.99. The number of aldehydes is 1. The second-order valence-electron chi connectivity index (χ2n) is 14.4. The van der Waals surface area contributed by atoms with Gasteiger partial charge in [0.15, 0.2) is 0 Å². The number of aliphatic imine (C=N–C) groups is 1. The van der Waals surface area contributed by atoms with Crippen LogP contribution in [0.2, 0.25) is 0 Å². The summed E-state index contributed by atoms with van der Waals surface area (Å²) in [6, 6.07) is 7.95. The number of benzene rings is 2. The number of primary amides is 1. The Kier molecular flexibility index (Phi) is 18.6. The van der Waals surface area contributed by atoms with Crippen molar-refractivity contribution in [2.24, 2.45) is 16.5 Å². The van der Waals surface area contributed by atoms with Gasteiger partial charge in [-0.1, -0.05) is 24.3 Å². The molecule has 1 saturated heterocycles. The van der Waals surface area contributed by atoms with Gasteiger partial charge in [-0.05, 0) is 78.7 Å². The van der Waals surface area contributed by atoms with Gasteiger partial charge in [-0.3, -0.25) is 29.0 Å². The van der Waals surface area contributed by atoms with E-state index in [1.807, 2.05) is 63.8 Å². The number of nitrogen functional groups attached to an aromatic ring is 1. The predicted octanol–water partition coefficient (Wildman–Crippen LogP) is 3.97. The van der Waals surface area contributed by atoms with E-state index < -0.39 is 11.5 Å². The Hall–Kier alpha value is -6.40. The summed E-state index contributed by atoms with van der Waals surface area (Å²) in [4.78, 5) is 59.3. The lowest BCUT2D eigenvalue weighted by molar-refractivity contribution is 0.0154. The number of nitrogens with one attached hydrogen (secondary N) is 2. The molecule has 0 radical (unpaired) electrons. The zero-order valence-electron chi connectivity index (χ0n) is 35.8. The first kappa shape index (κ1) is 48.0. The summed E-state index contributed by atoms with van der Waals surface area (Å²) in [6.45, 7) is 17.6. The van der Waals surface area contributed by atoms with Crippen LogP contribution in [0.4, 0.5) is 27.5 Å². The van der Waals surface area contributed by atoms with Gasteiger partial charge in [-0.2, -0.15) is 5.10 Å². The van der Waals surface area contributed by atoms with Crippen molar-refractivity contribution in [1.29, 1.82) is 0 Å². The molecule has 3 aromatic rings. The quantitative estimate of drug-likeness (QED) is 0.0379. The number of carbonyl (C=O) groups is 4. The number of nitrogens with two attached hydrogens (primary N) is 3. The maximum Gasteiger partial charge on any atom is 0.410 e. The number of amides is 3. The summed E-state index contributed by atoms with van der Waals surface area (Å²) in [5, 5.41) is 10.6. The van der Waals surface area contributed by atoms with Crippen molar-refractivity contribution in [2.75, 3.05) is 89.2 Å². The maximum absolute atomic E-state index is 13.3. The van der Waals surface area contributed by atoms with Crippen LogP contribution in [0, 0.1) is 6.92 Å². The first-order chi connectivity index (χ1) is 28.7. The normalized spacial score (nSPS) is 13.0. The molecule has 0 unspecified atom stereocenters. The second-order valence-corrected chi connectivity index (χ2v) is 14.4. The fraction of sp³-hybridized carbons (Fsp3) is 0.429. The summed E-state index contributed by atoms with van der Waals surface area (Å²) in [6.07, 6.45) is 8.01. The predicted molar refractivity (Wildman–Crippen MR) is 236 cm³/mol. The molecule has 2 aromatic carbocycles. The van der Waals surface area contributed by atoms with E-state index in [0.29, 0.717) is 91.9 Å². The lowest BCUT2D eigenvalue weighted by atomic mass is 10.1. The molecule has 1 aromatic heterocycles. The highest BCUT2D eigenvalue weighted by Crippen LogP contribution is 2.39. The Labute approximate surface area is 352 Å². The van der Waals surface area contributed by atoms with Crippen molar-refractivity contribution >= 4 is 53.7 Å². The van der Waals surface area contributed by atoms with Gasteiger partial charge in [-0.25, -0.2) is 4.79 Å². The van der Waals surface area contributed by atoms with E-state index in [1.165, 1.54) is 20.2 Å². The van der Waals surface area contributed by atoms with Crippen LogP contribution in [-0.2, 0) is 11.3 Å². The third-order valence-electron chi connectivity index (χ3n) is 8.98. The van der Waals surface area contributed by atoms with Crippen molar-refractivity contribution < 1.29 is 33.4 Å². The average Bonchev–Trinajstić information content (AvgIpc) is 3.62. The van der Waals surface area contributed by atoms with E-state index in [4.69, 9.17) is 25.7 Å². The molecule has 0 saturated carbocycles. The average molecular weight is 832 g/mol. The minimum Gasteiger partial charge on any atom is -0.494 e. The minimum atomic E-state index is -0.643. The molecule has 3 amide bonds. The molecule has 1 fully saturated rings. The SMILES string of the molecule is C=Nc1cc(C=O)cc(OC)c1N(C/C=C/CNc1c(N)cc(C(N)=O)cc1OC/C=C/CN1CCN(C(=O)OC(C)(C)C)CC1)CNC(=O)c1cc(C)nn1CC.CN. The Morgan fingerprint density at radius 2 is 1.73 bits per heavy atom. The zero-order valence-corrected chi connectivity index (χ0v) is 35.8. The van der Waals surface area contributed by atoms with Crippen molar-refractivity contribution in [2.45, 2.75) is 46.8 Å². The van der Waals surface area contributed by atoms with Crippen LogP contribution in [0.15, 0.2) is 59.6 Å². The summed E-state index contributed by atoms with van der Waals surface area (Å²) in [5.74, 6) is -0.229. The largest absolute Gasteiger partial charge is 0.494 e. The molecule has 18 heteroatoms. The number of aryl methyl sites for hydroxylation is 2. The van der Waals surface area contributed by atoms with E-state index in [-0.39, 0.29) is 43.1 Å². The highest BCUT2D eigenvalue weighted by atomic mass is 16.6. The van der Waals surface area contributed by atoms with Gasteiger partial charge in [0.2, 0.25) is 5.91 Å². The van der Waals surface area contributed by atoms with Crippen molar-refractivity contribution in [1.82, 2.24) is 24.9 Å². The zero-order chi connectivity index (χ0) is 44.4. The van der Waals surface area contributed by atoms with Crippen LogP contribution >= 0.6 is 0 Å². The van der Waals surface area contributed by atoms with Crippen LogP contribution in [0.3, 0.4) is 0 Å². The van der Waals surface area contributed by atoms with Gasteiger partial charge >= 0.3 is 6.09 Å². The van der Waals surface area contributed by atoms with E-state index in [2.05, 4.69) is 38.1 Å². The molecular weight excluding hydrogens is 771 g/mol. The maximum atomic E-state index is 13.3. The van der Waals surface area contributed by atoms with Gasteiger partial charge in [0.25, 0.3) is 5.91 Å². The number of hydrogen-bond donors (Lipinski definition) is 5. The van der Waals surface area contributed by atoms with E-state index in [0.717, 1.165) is 5.69 Å². The minimum absolute atomic E-state index is 0.0547. The molecule has 0 spiro atoms. The Bertz CT molecular complexity index is 2000. The Morgan fingerprint density at radius 3 is 2.35 bits per heavy atom. The van der Waals surface area contributed by atoms with Crippen LogP contribution in [0.25, 0.3) is 0 Å². The molecule has 326 valence electrons. The van der Waals surface area contributed by atoms with Crippen molar-refractivity contribution in [3.8, 4) is 11.5 Å². The first-order valence-electron chi connectivity index (χ1n) is 19.6. The molecule has 0 atom stereocenters. The molecule has 2 heterocycles. The molecule has 18 nitrogen and oxygen atoms in total. The molecule has 0 bridgehead atoms. The fourth-order valence-electron chi connectivity index (χ4n) is 6.14. The molecule has 8 N–H and O–H groups in total. The van der Waals surface area contributed by atoms with Gasteiger partial charge in [0.1, 0.15) is 47.1 Å². The lowest BCUT2D eigenvalue weighted by Gasteiger charge is -2.35. The summed E-state index contributed by atoms with van der Waals surface area (Å²) >= 11 is 0. The third kappa shape index (κ3) is 13.9. The Balaban J connectivity index is 0.00000473. The number of methoxy groups -OCH3 is 1. The standard InChI is InChI=1S/C41H56N10O7.CH5N/c1-8-51-33(21-28(2)47-51)39(54)46-27-50(37-32(44-6)22-29(26-52)23-35(37)56-7)15-10-9-13-45-36-31(42)24-30(38(43)53)25-34(36)57-20-12-11-14-48-16-18-49(19-17-48)40(55)58-41(3,4)5;1-2/h9-12,21-26,45H,6,8,13-20,27,42H2,1-5,7H3,(H2,43,53)(H,46,54);2H2,1H3/b10-9+,12-11+;. The number of aromatic nitrogens is 2. The number of carbonyl (C=O) groups excluding carboxylic acids is 4.